The number of phenolic OH excluding ortho intramolecular Hbond substituents is 1. The molecule has 0 radical (unpaired) electrons. The Balaban J connectivity index is 1.20. The van der Waals surface area contributed by atoms with Crippen LogP contribution in [-0.4, -0.2) is 79.9 Å². The van der Waals surface area contributed by atoms with Crippen molar-refractivity contribution < 1.29 is 24.2 Å². The van der Waals surface area contributed by atoms with Gasteiger partial charge in [0, 0.05) is 92.6 Å². The number of alkyl halides is 2. The third kappa shape index (κ3) is 6.20. The number of aromatic hydroxyl groups is 1. The van der Waals surface area contributed by atoms with E-state index in [0.29, 0.717) is 61.5 Å². The largest absolute Gasteiger partial charge is 0.507 e. The Morgan fingerprint density at radius 1 is 0.851 bits per heavy atom. The first-order valence-corrected chi connectivity index (χ1v) is 16.9. The van der Waals surface area contributed by atoms with Crippen LogP contribution >= 0.6 is 23.2 Å². The molecular weight excluding hydrogens is 639 g/mol. The minimum atomic E-state index is -0.491. The molecule has 2 atom stereocenters. The van der Waals surface area contributed by atoms with E-state index >= 15 is 0 Å². The van der Waals surface area contributed by atoms with E-state index in [2.05, 4.69) is 5.32 Å². The highest BCUT2D eigenvalue weighted by molar-refractivity contribution is 6.19. The van der Waals surface area contributed by atoms with Gasteiger partial charge in [-0.25, -0.2) is 4.79 Å². The first kappa shape index (κ1) is 32.9. The summed E-state index contributed by atoms with van der Waals surface area (Å²) < 4.78 is 5.87. The summed E-state index contributed by atoms with van der Waals surface area (Å²) in [6.07, 6.45) is 0.164. The summed E-state index contributed by atoms with van der Waals surface area (Å²) in [4.78, 5) is 45.1. The molecule has 1 unspecified atom stereocenters. The molecule has 11 heteroatoms. The second kappa shape index (κ2) is 14.0. The number of anilines is 2. The fourth-order valence-electron chi connectivity index (χ4n) is 6.85. The summed E-state index contributed by atoms with van der Waals surface area (Å²) in [7, 11) is 3.50. The Labute approximate surface area is 284 Å². The van der Waals surface area contributed by atoms with Gasteiger partial charge in [-0.1, -0.05) is 48.5 Å². The number of likely N-dealkylation sites (N-methyl/N-ethyl adjacent to an activating group) is 2. The number of hydrogen-bond acceptors (Lipinski definition) is 6. The number of carbonyl (C=O) groups excluding carboxylic acids is 3. The molecule has 0 saturated carbocycles. The van der Waals surface area contributed by atoms with Crippen LogP contribution in [0.1, 0.15) is 42.2 Å². The monoisotopic (exact) mass is 676 g/mol. The summed E-state index contributed by atoms with van der Waals surface area (Å²) in [5.41, 5.74) is 3.27. The third-order valence-corrected chi connectivity index (χ3v) is 9.98. The molecule has 0 aromatic heterocycles. The Morgan fingerprint density at radius 3 is 1.91 bits per heavy atom. The van der Waals surface area contributed by atoms with Crippen LogP contribution < -0.4 is 19.9 Å². The molecule has 3 amide bonds. The van der Waals surface area contributed by atoms with Crippen molar-refractivity contribution >= 4 is 74.0 Å². The van der Waals surface area contributed by atoms with E-state index in [9.17, 15) is 19.5 Å². The van der Waals surface area contributed by atoms with Gasteiger partial charge in [-0.3, -0.25) is 9.59 Å². The molecule has 6 rings (SSSR count). The smallest absolute Gasteiger partial charge is 0.415 e. The topological polar surface area (TPSA) is 102 Å². The van der Waals surface area contributed by atoms with Gasteiger partial charge in [0.15, 0.2) is 0 Å². The molecule has 9 nitrogen and oxygen atoms in total. The molecule has 0 fully saturated rings. The molecule has 2 aliphatic rings. The maximum atomic E-state index is 13.7. The molecule has 2 heterocycles. The summed E-state index contributed by atoms with van der Waals surface area (Å²) in [6, 6.07) is 18.7. The van der Waals surface area contributed by atoms with Gasteiger partial charge in [-0.2, -0.15) is 0 Å². The number of ether oxygens (including phenoxy) is 1. The molecule has 2 N–H and O–H groups in total. The van der Waals surface area contributed by atoms with Gasteiger partial charge >= 0.3 is 6.09 Å². The summed E-state index contributed by atoms with van der Waals surface area (Å²) in [5, 5.41) is 17.0. The van der Waals surface area contributed by atoms with Crippen molar-refractivity contribution in [1.82, 2.24) is 10.2 Å². The Morgan fingerprint density at radius 2 is 1.36 bits per heavy atom. The molecule has 0 spiro atoms. The predicted molar refractivity (Wildman–Crippen MR) is 188 cm³/mol. The van der Waals surface area contributed by atoms with Gasteiger partial charge in [0.25, 0.3) is 0 Å². The van der Waals surface area contributed by atoms with Gasteiger partial charge in [0.05, 0.1) is 11.4 Å². The Bertz CT molecular complexity index is 1850. The fraction of sp³-hybridized carbons (Fsp3) is 0.361. The van der Waals surface area contributed by atoms with Crippen molar-refractivity contribution in [3.8, 4) is 11.5 Å². The van der Waals surface area contributed by atoms with E-state index in [4.69, 9.17) is 27.9 Å². The first-order valence-electron chi connectivity index (χ1n) is 15.9. The lowest BCUT2D eigenvalue weighted by Crippen LogP contribution is -2.35. The van der Waals surface area contributed by atoms with Crippen LogP contribution in [0.25, 0.3) is 21.5 Å². The Kier molecular flexibility index (Phi) is 9.77. The SMILES string of the molecule is CNCCN(C)C(=O)Oc1cc2c(c3ccccc13)C(CCl)CN2C(=O)CCCC(=O)N1C[C@@H](CCl)c2c1cc(O)c1ccccc21. The summed E-state index contributed by atoms with van der Waals surface area (Å²) >= 11 is 12.8. The van der Waals surface area contributed by atoms with Crippen LogP contribution in [0.4, 0.5) is 16.2 Å². The quantitative estimate of drug-likeness (QED) is 0.185. The van der Waals surface area contributed by atoms with Crippen molar-refractivity contribution in [2.24, 2.45) is 0 Å². The zero-order valence-corrected chi connectivity index (χ0v) is 28.0. The van der Waals surface area contributed by atoms with Crippen LogP contribution in [0.3, 0.4) is 0 Å². The number of hydrogen-bond donors (Lipinski definition) is 2. The normalized spacial score (nSPS) is 16.9. The number of rotatable bonds is 10. The highest BCUT2D eigenvalue weighted by Gasteiger charge is 2.36. The third-order valence-electron chi connectivity index (χ3n) is 9.24. The van der Waals surface area contributed by atoms with Crippen molar-refractivity contribution in [3.63, 3.8) is 0 Å². The average Bonchev–Trinajstić information content (AvgIpc) is 3.66. The summed E-state index contributed by atoms with van der Waals surface area (Å²) in [6.45, 7) is 1.92. The van der Waals surface area contributed by atoms with Crippen LogP contribution in [0, 0.1) is 0 Å². The predicted octanol–water partition coefficient (Wildman–Crippen LogP) is 6.56. The van der Waals surface area contributed by atoms with E-state index in [1.807, 2.05) is 55.6 Å². The Hall–Kier alpha value is -4.05. The van der Waals surface area contributed by atoms with E-state index in [1.165, 1.54) is 4.90 Å². The molecule has 246 valence electrons. The van der Waals surface area contributed by atoms with Crippen molar-refractivity contribution in [3.05, 3.63) is 71.8 Å². The molecule has 4 aromatic rings. The fourth-order valence-corrected chi connectivity index (χ4v) is 7.36. The van der Waals surface area contributed by atoms with Crippen LogP contribution in [0.2, 0.25) is 0 Å². The maximum absolute atomic E-state index is 13.7. The second-order valence-electron chi connectivity index (χ2n) is 12.2. The molecule has 4 aromatic carbocycles. The number of phenols is 1. The molecule has 0 saturated heterocycles. The number of amides is 3. The highest BCUT2D eigenvalue weighted by atomic mass is 35.5. The number of nitrogens with one attached hydrogen (secondary N) is 1. The lowest BCUT2D eigenvalue weighted by molar-refractivity contribution is -0.119. The van der Waals surface area contributed by atoms with Crippen molar-refractivity contribution in [1.29, 1.82) is 0 Å². The highest BCUT2D eigenvalue weighted by Crippen LogP contribution is 2.47. The van der Waals surface area contributed by atoms with Gasteiger partial charge in [0.1, 0.15) is 11.5 Å². The van der Waals surface area contributed by atoms with Crippen LogP contribution in [-0.2, 0) is 9.59 Å². The molecule has 47 heavy (non-hydrogen) atoms. The lowest BCUT2D eigenvalue weighted by Gasteiger charge is -2.21. The standard InChI is InChI=1S/C36H38Cl2N4O5/c1-39-14-15-40(2)36(46)47-31-17-29-35(27-11-6-4-9-25(27)31)23(19-38)21-42(29)33(45)13-7-12-32(44)41-20-22(18-37)34-26-10-5-3-8-24(26)30(43)16-28(34)41/h3-6,8-11,16-17,22-23,39,43H,7,12-15,18-21H2,1-2H3/t22-,23?/m1/s1. The van der Waals surface area contributed by atoms with Gasteiger partial charge in [-0.15, -0.1) is 23.2 Å². The van der Waals surface area contributed by atoms with Crippen molar-refractivity contribution in [2.45, 2.75) is 31.1 Å². The van der Waals surface area contributed by atoms with Crippen LogP contribution in [0.5, 0.6) is 11.5 Å². The molecule has 2 aliphatic heterocycles. The van der Waals surface area contributed by atoms with Gasteiger partial charge in [0.2, 0.25) is 11.8 Å². The van der Waals surface area contributed by atoms with E-state index in [0.717, 1.165) is 32.7 Å². The maximum Gasteiger partial charge on any atom is 0.415 e. The number of nitrogens with zero attached hydrogens (tertiary/aromatic N) is 3. The number of carbonyl (C=O) groups is 3. The molecular formula is C36H38Cl2N4O5. The minimum Gasteiger partial charge on any atom is -0.507 e. The average molecular weight is 678 g/mol. The van der Waals surface area contributed by atoms with Gasteiger partial charge in [-0.05, 0) is 35.4 Å². The van der Waals surface area contributed by atoms with Crippen LogP contribution in [0.15, 0.2) is 60.7 Å². The first-order chi connectivity index (χ1) is 22.8. The molecule has 0 aliphatic carbocycles. The number of fused-ring (bicyclic) bond motifs is 6. The zero-order chi connectivity index (χ0) is 33.2. The number of benzene rings is 4. The minimum absolute atomic E-state index is 0.0578. The van der Waals surface area contributed by atoms with E-state index in [1.54, 1.807) is 29.0 Å². The van der Waals surface area contributed by atoms with E-state index in [-0.39, 0.29) is 42.2 Å². The van der Waals surface area contributed by atoms with Crippen molar-refractivity contribution in [2.75, 3.05) is 61.8 Å². The van der Waals surface area contributed by atoms with Gasteiger partial charge < -0.3 is 29.9 Å². The molecule has 0 bridgehead atoms. The number of halogens is 2. The summed E-state index contributed by atoms with van der Waals surface area (Å²) in [5.74, 6) is 0.756. The van der Waals surface area contributed by atoms with E-state index < -0.39 is 6.09 Å². The lowest BCUT2D eigenvalue weighted by atomic mass is 9.95. The zero-order valence-electron chi connectivity index (χ0n) is 26.5. The second-order valence-corrected chi connectivity index (χ2v) is 12.8.